The summed E-state index contributed by atoms with van der Waals surface area (Å²) in [6.07, 6.45) is -3.06. The molecule has 162 valence electrons. The first-order chi connectivity index (χ1) is 14.9. The highest BCUT2D eigenvalue weighted by atomic mass is 19.4. The Morgan fingerprint density at radius 3 is 2.58 bits per heavy atom. The number of hydrogen-bond acceptors (Lipinski definition) is 4. The minimum atomic E-state index is -4.76. The van der Waals surface area contributed by atoms with Crippen molar-refractivity contribution < 1.29 is 22.7 Å². The number of aromatic nitrogens is 2. The normalized spacial score (nSPS) is 16.7. The molecule has 1 fully saturated rings. The number of halogens is 3. The third kappa shape index (κ3) is 5.36. The Kier molecular flexibility index (Phi) is 5.83. The summed E-state index contributed by atoms with van der Waals surface area (Å²) in [5, 5.41) is 10.4. The molecular formula is C22H21F3N4O2. The van der Waals surface area contributed by atoms with Crippen molar-refractivity contribution in [2.24, 2.45) is 0 Å². The minimum absolute atomic E-state index is 0.0933. The molecule has 3 aromatic rings. The number of alkyl halides is 3. The number of benzene rings is 2. The predicted octanol–water partition coefficient (Wildman–Crippen LogP) is 4.37. The van der Waals surface area contributed by atoms with E-state index in [4.69, 9.17) is 0 Å². The van der Waals surface area contributed by atoms with E-state index < -0.39 is 6.36 Å². The molecule has 4 rings (SSSR count). The Morgan fingerprint density at radius 2 is 1.87 bits per heavy atom. The van der Waals surface area contributed by atoms with Crippen molar-refractivity contribution in [1.29, 1.82) is 0 Å². The van der Waals surface area contributed by atoms with E-state index in [1.165, 1.54) is 12.1 Å². The van der Waals surface area contributed by atoms with Gasteiger partial charge in [-0.2, -0.15) is 5.10 Å². The second-order valence-corrected chi connectivity index (χ2v) is 7.34. The Bertz CT molecular complexity index is 1020. The van der Waals surface area contributed by atoms with E-state index in [1.54, 1.807) is 0 Å². The molecule has 1 aliphatic rings. The van der Waals surface area contributed by atoms with Gasteiger partial charge in [0, 0.05) is 30.8 Å². The molecule has 0 unspecified atom stereocenters. The fourth-order valence-electron chi connectivity index (χ4n) is 3.62. The first-order valence-electron chi connectivity index (χ1n) is 9.90. The molecular weight excluding hydrogens is 409 g/mol. The number of nitrogens with one attached hydrogen (secondary N) is 2. The number of carbonyl (C=O) groups excluding carboxylic acids is 1. The van der Waals surface area contributed by atoms with Gasteiger partial charge in [0.2, 0.25) is 0 Å². The van der Waals surface area contributed by atoms with Crippen LogP contribution >= 0.6 is 0 Å². The Hall–Kier alpha value is -3.49. The third-order valence-electron chi connectivity index (χ3n) is 5.08. The molecule has 0 bridgehead atoms. The minimum Gasteiger partial charge on any atom is -0.406 e. The van der Waals surface area contributed by atoms with Gasteiger partial charge in [0.05, 0.1) is 5.69 Å². The quantitative estimate of drug-likeness (QED) is 0.631. The van der Waals surface area contributed by atoms with Crippen LogP contribution in [0.2, 0.25) is 0 Å². The van der Waals surface area contributed by atoms with Gasteiger partial charge in [-0.1, -0.05) is 30.3 Å². The standard InChI is InChI=1S/C22H21F3N4O2/c23-22(24,25)31-18-10-8-16(9-11-18)21(30)26-17-7-4-12-29(14-17)20-13-19(27-28-20)15-5-2-1-3-6-15/h1-3,5-6,8-11,13,17H,4,7,12,14H2,(H,26,30)(H,27,28)/t17-/m1/s1. The maximum Gasteiger partial charge on any atom is 0.573 e. The predicted molar refractivity (Wildman–Crippen MR) is 110 cm³/mol. The number of amides is 1. The van der Waals surface area contributed by atoms with Crippen LogP contribution < -0.4 is 15.0 Å². The number of nitrogens with zero attached hydrogens (tertiary/aromatic N) is 2. The fraction of sp³-hybridized carbons (Fsp3) is 0.273. The summed E-state index contributed by atoms with van der Waals surface area (Å²) >= 11 is 0. The van der Waals surface area contributed by atoms with Crippen LogP contribution in [0, 0.1) is 0 Å². The van der Waals surface area contributed by atoms with Crippen LogP contribution in [0.1, 0.15) is 23.2 Å². The van der Waals surface area contributed by atoms with Crippen LogP contribution in [0.15, 0.2) is 60.7 Å². The zero-order valence-corrected chi connectivity index (χ0v) is 16.5. The average Bonchev–Trinajstić information content (AvgIpc) is 3.24. The zero-order valence-electron chi connectivity index (χ0n) is 16.5. The van der Waals surface area contributed by atoms with Crippen LogP contribution in [-0.4, -0.2) is 41.6 Å². The average molecular weight is 430 g/mol. The molecule has 0 spiro atoms. The summed E-state index contributed by atoms with van der Waals surface area (Å²) in [7, 11) is 0. The number of rotatable bonds is 5. The highest BCUT2D eigenvalue weighted by Crippen LogP contribution is 2.25. The maximum absolute atomic E-state index is 12.5. The molecule has 0 radical (unpaired) electrons. The lowest BCUT2D eigenvalue weighted by Crippen LogP contribution is -2.48. The van der Waals surface area contributed by atoms with E-state index in [1.807, 2.05) is 36.4 Å². The molecule has 1 aromatic heterocycles. The van der Waals surface area contributed by atoms with Crippen molar-refractivity contribution in [3.63, 3.8) is 0 Å². The SMILES string of the molecule is O=C(N[C@@H]1CCCN(c2cc(-c3ccccc3)[nH]n2)C1)c1ccc(OC(F)(F)F)cc1. The Labute approximate surface area is 177 Å². The van der Waals surface area contributed by atoms with Crippen LogP contribution in [-0.2, 0) is 0 Å². The number of hydrogen-bond donors (Lipinski definition) is 2. The van der Waals surface area contributed by atoms with Gasteiger partial charge >= 0.3 is 6.36 Å². The summed E-state index contributed by atoms with van der Waals surface area (Å²) in [6, 6.07) is 16.7. The first kappa shape index (κ1) is 20.8. The molecule has 0 aliphatic carbocycles. The number of H-pyrrole nitrogens is 1. The van der Waals surface area contributed by atoms with Gasteiger partial charge in [-0.3, -0.25) is 9.89 Å². The van der Waals surface area contributed by atoms with Crippen molar-refractivity contribution in [2.45, 2.75) is 25.2 Å². The second kappa shape index (κ2) is 8.71. The van der Waals surface area contributed by atoms with Crippen LogP contribution in [0.25, 0.3) is 11.3 Å². The lowest BCUT2D eigenvalue weighted by atomic mass is 10.0. The van der Waals surface area contributed by atoms with E-state index in [0.717, 1.165) is 48.6 Å². The second-order valence-electron chi connectivity index (χ2n) is 7.34. The van der Waals surface area contributed by atoms with Crippen molar-refractivity contribution >= 4 is 11.7 Å². The molecule has 6 nitrogen and oxygen atoms in total. The Morgan fingerprint density at radius 1 is 1.13 bits per heavy atom. The summed E-state index contributed by atoms with van der Waals surface area (Å²) in [6.45, 7) is 1.43. The monoisotopic (exact) mass is 430 g/mol. The molecule has 1 amide bonds. The highest BCUT2D eigenvalue weighted by Gasteiger charge is 2.31. The topological polar surface area (TPSA) is 70.2 Å². The van der Waals surface area contributed by atoms with E-state index >= 15 is 0 Å². The molecule has 1 aliphatic heterocycles. The first-order valence-corrected chi connectivity index (χ1v) is 9.90. The van der Waals surface area contributed by atoms with Gasteiger partial charge in [-0.15, -0.1) is 13.2 Å². The van der Waals surface area contributed by atoms with Crippen molar-refractivity contribution in [3.8, 4) is 17.0 Å². The number of anilines is 1. The van der Waals surface area contributed by atoms with E-state index in [-0.39, 0.29) is 23.3 Å². The lowest BCUT2D eigenvalue weighted by Gasteiger charge is -2.33. The van der Waals surface area contributed by atoms with Crippen molar-refractivity contribution in [3.05, 3.63) is 66.2 Å². The third-order valence-corrected chi connectivity index (χ3v) is 5.08. The summed E-state index contributed by atoms with van der Waals surface area (Å²) in [5.74, 6) is 0.115. The van der Waals surface area contributed by atoms with Crippen molar-refractivity contribution in [2.75, 3.05) is 18.0 Å². The fourth-order valence-corrected chi connectivity index (χ4v) is 3.62. The number of aromatic amines is 1. The summed E-state index contributed by atoms with van der Waals surface area (Å²) in [4.78, 5) is 14.6. The van der Waals surface area contributed by atoms with Crippen molar-refractivity contribution in [1.82, 2.24) is 15.5 Å². The molecule has 1 atom stereocenters. The van der Waals surface area contributed by atoms with E-state index in [2.05, 4.69) is 25.2 Å². The van der Waals surface area contributed by atoms with Gasteiger partial charge < -0.3 is 15.0 Å². The summed E-state index contributed by atoms with van der Waals surface area (Å²) < 4.78 is 40.6. The van der Waals surface area contributed by atoms with Gasteiger partial charge in [0.1, 0.15) is 5.75 Å². The molecule has 2 aromatic carbocycles. The smallest absolute Gasteiger partial charge is 0.406 e. The number of carbonyl (C=O) groups is 1. The van der Waals surface area contributed by atoms with Gasteiger partial charge in [0.15, 0.2) is 5.82 Å². The van der Waals surface area contributed by atoms with Gasteiger partial charge in [-0.25, -0.2) is 0 Å². The molecule has 2 N–H and O–H groups in total. The van der Waals surface area contributed by atoms with E-state index in [9.17, 15) is 18.0 Å². The van der Waals surface area contributed by atoms with E-state index in [0.29, 0.717) is 6.54 Å². The van der Waals surface area contributed by atoms with Crippen LogP contribution in [0.4, 0.5) is 19.0 Å². The maximum atomic E-state index is 12.5. The highest BCUT2D eigenvalue weighted by molar-refractivity contribution is 5.94. The number of ether oxygens (including phenoxy) is 1. The number of piperidine rings is 1. The van der Waals surface area contributed by atoms with Crippen LogP contribution in [0.3, 0.4) is 0 Å². The van der Waals surface area contributed by atoms with Crippen LogP contribution in [0.5, 0.6) is 5.75 Å². The largest absolute Gasteiger partial charge is 0.573 e. The van der Waals surface area contributed by atoms with Gasteiger partial charge in [0.25, 0.3) is 5.91 Å². The molecule has 2 heterocycles. The Balaban J connectivity index is 1.37. The lowest BCUT2D eigenvalue weighted by molar-refractivity contribution is -0.274. The molecule has 0 saturated carbocycles. The molecule has 9 heteroatoms. The molecule has 1 saturated heterocycles. The zero-order chi connectivity index (χ0) is 21.8. The summed E-state index contributed by atoms with van der Waals surface area (Å²) in [5.41, 5.74) is 2.24. The van der Waals surface area contributed by atoms with Gasteiger partial charge in [-0.05, 0) is 42.7 Å². The molecule has 31 heavy (non-hydrogen) atoms.